The Kier molecular flexibility index (Phi) is 4.04. The van der Waals surface area contributed by atoms with Crippen molar-refractivity contribution in [2.24, 2.45) is 0 Å². The van der Waals surface area contributed by atoms with Crippen molar-refractivity contribution in [3.63, 3.8) is 0 Å². The molecule has 0 saturated carbocycles. The average molecular weight is 279 g/mol. The third kappa shape index (κ3) is 3.37. The van der Waals surface area contributed by atoms with Crippen molar-refractivity contribution in [2.75, 3.05) is 7.11 Å². The molecule has 1 aromatic heterocycles. The first kappa shape index (κ1) is 13.7. The summed E-state index contributed by atoms with van der Waals surface area (Å²) in [6.07, 6.45) is -1.52. The highest BCUT2D eigenvalue weighted by atomic mass is 16.5. The van der Waals surface area contributed by atoms with Crippen molar-refractivity contribution in [1.82, 2.24) is 15.5 Å². The highest BCUT2D eigenvalue weighted by molar-refractivity contribution is 5.65. The van der Waals surface area contributed by atoms with Crippen LogP contribution < -0.4 is 10.1 Å². The number of methoxy groups -OCH3 is 1. The van der Waals surface area contributed by atoms with Crippen LogP contribution in [-0.4, -0.2) is 33.6 Å². The second-order valence-corrected chi connectivity index (χ2v) is 3.98. The van der Waals surface area contributed by atoms with Crippen molar-refractivity contribution in [1.29, 1.82) is 0 Å². The van der Waals surface area contributed by atoms with Crippen LogP contribution in [0, 0.1) is 0 Å². The fourth-order valence-electron chi connectivity index (χ4n) is 1.71. The van der Waals surface area contributed by atoms with E-state index in [2.05, 4.69) is 15.5 Å². The van der Waals surface area contributed by atoms with E-state index in [-0.39, 0.29) is 5.89 Å². The van der Waals surface area contributed by atoms with Crippen molar-refractivity contribution in [3.8, 4) is 11.8 Å². The molecule has 1 heterocycles. The molecule has 0 aliphatic heterocycles. The second-order valence-electron chi connectivity index (χ2n) is 3.98. The van der Waals surface area contributed by atoms with Gasteiger partial charge in [0.05, 0.1) is 7.11 Å². The van der Waals surface area contributed by atoms with Gasteiger partial charge in [-0.05, 0) is 17.7 Å². The Bertz CT molecular complexity index is 581. The molecule has 106 valence electrons. The van der Waals surface area contributed by atoms with E-state index >= 15 is 0 Å². The highest BCUT2D eigenvalue weighted by Gasteiger charge is 2.21. The fraction of sp³-hybridized carbons (Fsp3) is 0.250. The minimum absolute atomic E-state index is 0.000665. The van der Waals surface area contributed by atoms with Gasteiger partial charge in [-0.15, -0.1) is 5.10 Å². The maximum atomic E-state index is 10.8. The predicted octanol–water partition coefficient (Wildman–Crippen LogP) is 1.34. The molecule has 8 nitrogen and oxygen atoms in total. The number of aromatic nitrogens is 2. The quantitative estimate of drug-likeness (QED) is 0.755. The van der Waals surface area contributed by atoms with Crippen LogP contribution >= 0.6 is 0 Å². The van der Waals surface area contributed by atoms with Gasteiger partial charge in [0.25, 0.3) is 0 Å². The Morgan fingerprint density at radius 1 is 1.40 bits per heavy atom. The molecule has 0 fully saturated rings. The normalized spacial score (nSPS) is 11.8. The number of rotatable bonds is 5. The summed E-state index contributed by atoms with van der Waals surface area (Å²) >= 11 is 0. The lowest BCUT2D eigenvalue weighted by Crippen LogP contribution is -2.28. The summed E-state index contributed by atoms with van der Waals surface area (Å²) in [7, 11) is 1.56. The number of hydrogen-bond acceptors (Lipinski definition) is 6. The summed E-state index contributed by atoms with van der Waals surface area (Å²) < 4.78 is 9.89. The maximum absolute atomic E-state index is 10.8. The molecule has 0 radical (unpaired) electrons. The van der Waals surface area contributed by atoms with Gasteiger partial charge in [0, 0.05) is 6.42 Å². The van der Waals surface area contributed by atoms with Crippen LogP contribution in [0.2, 0.25) is 0 Å². The monoisotopic (exact) mass is 279 g/mol. The van der Waals surface area contributed by atoms with Gasteiger partial charge in [0.2, 0.25) is 5.89 Å². The summed E-state index contributed by atoms with van der Waals surface area (Å²) in [4.78, 5) is 10.8. The molecule has 0 bridgehead atoms. The van der Waals surface area contributed by atoms with E-state index in [1.165, 1.54) is 0 Å². The van der Waals surface area contributed by atoms with Crippen LogP contribution in [0.3, 0.4) is 0 Å². The van der Waals surface area contributed by atoms with E-state index < -0.39 is 18.2 Å². The second kappa shape index (κ2) is 5.91. The van der Waals surface area contributed by atoms with Crippen molar-refractivity contribution < 1.29 is 24.2 Å². The lowest BCUT2D eigenvalue weighted by atomic mass is 10.1. The molecule has 0 aliphatic carbocycles. The highest BCUT2D eigenvalue weighted by Crippen LogP contribution is 2.21. The van der Waals surface area contributed by atoms with Crippen LogP contribution in [0.25, 0.3) is 0 Å². The van der Waals surface area contributed by atoms with Crippen LogP contribution in [-0.2, 0) is 6.42 Å². The minimum Gasteiger partial charge on any atom is -0.497 e. The fourth-order valence-corrected chi connectivity index (χ4v) is 1.71. The summed E-state index contributed by atoms with van der Waals surface area (Å²) in [5, 5.41) is 27.0. The van der Waals surface area contributed by atoms with E-state index in [9.17, 15) is 4.79 Å². The molecule has 8 heteroatoms. The van der Waals surface area contributed by atoms with E-state index in [1.807, 2.05) is 0 Å². The lowest BCUT2D eigenvalue weighted by molar-refractivity contribution is 0.186. The van der Waals surface area contributed by atoms with Gasteiger partial charge in [-0.2, -0.15) is 0 Å². The maximum Gasteiger partial charge on any atom is 0.412 e. The van der Waals surface area contributed by atoms with Crippen LogP contribution in [0.4, 0.5) is 4.79 Å². The SMILES string of the molecule is COc1ccc(CC(NC(=O)O)c2nnc(O)o2)cc1. The van der Waals surface area contributed by atoms with Crippen LogP contribution in [0.1, 0.15) is 17.5 Å². The molecule has 1 aromatic carbocycles. The summed E-state index contributed by atoms with van der Waals surface area (Å²) in [6, 6.07) is 6.38. The number of aromatic hydroxyl groups is 1. The summed E-state index contributed by atoms with van der Waals surface area (Å²) in [6.45, 7) is 0. The molecule has 0 saturated heterocycles. The minimum atomic E-state index is -1.22. The first-order chi connectivity index (χ1) is 9.58. The molecule has 2 rings (SSSR count). The third-order valence-electron chi connectivity index (χ3n) is 2.62. The van der Waals surface area contributed by atoms with Gasteiger partial charge < -0.3 is 24.7 Å². The zero-order valence-electron chi connectivity index (χ0n) is 10.6. The molecule has 1 amide bonds. The summed E-state index contributed by atoms with van der Waals surface area (Å²) in [5.41, 5.74) is 0.849. The van der Waals surface area contributed by atoms with Gasteiger partial charge >= 0.3 is 12.2 Å². The van der Waals surface area contributed by atoms with E-state index in [0.717, 1.165) is 5.56 Å². The number of carboxylic acid groups (broad SMARTS) is 1. The number of nitrogens with zero attached hydrogens (tertiary/aromatic N) is 2. The Hall–Kier alpha value is -2.77. The number of hydrogen-bond donors (Lipinski definition) is 3. The Balaban J connectivity index is 2.16. The van der Waals surface area contributed by atoms with Gasteiger partial charge in [0.15, 0.2) is 0 Å². The Morgan fingerprint density at radius 3 is 2.60 bits per heavy atom. The number of amides is 1. The van der Waals surface area contributed by atoms with Gasteiger partial charge in [-0.25, -0.2) is 4.79 Å². The van der Waals surface area contributed by atoms with Gasteiger partial charge in [0.1, 0.15) is 11.8 Å². The number of nitrogens with one attached hydrogen (secondary N) is 1. The predicted molar refractivity (Wildman–Crippen MR) is 66.6 cm³/mol. The van der Waals surface area contributed by atoms with Gasteiger partial charge in [-0.3, -0.25) is 0 Å². The largest absolute Gasteiger partial charge is 0.497 e. The molecule has 0 spiro atoms. The zero-order valence-corrected chi connectivity index (χ0v) is 10.6. The first-order valence-electron chi connectivity index (χ1n) is 5.73. The first-order valence-corrected chi connectivity index (χ1v) is 5.73. The number of benzene rings is 1. The Labute approximate surface area is 114 Å². The van der Waals surface area contributed by atoms with E-state index in [0.29, 0.717) is 12.2 Å². The zero-order chi connectivity index (χ0) is 14.5. The lowest BCUT2D eigenvalue weighted by Gasteiger charge is -2.13. The van der Waals surface area contributed by atoms with Crippen molar-refractivity contribution >= 4 is 6.09 Å². The molecule has 2 aromatic rings. The molecular formula is C12H13N3O5. The molecular weight excluding hydrogens is 266 g/mol. The third-order valence-corrected chi connectivity index (χ3v) is 2.62. The smallest absolute Gasteiger partial charge is 0.412 e. The van der Waals surface area contributed by atoms with Gasteiger partial charge in [-0.1, -0.05) is 17.2 Å². The molecule has 1 unspecified atom stereocenters. The van der Waals surface area contributed by atoms with E-state index in [4.69, 9.17) is 19.4 Å². The Morgan fingerprint density at radius 2 is 2.10 bits per heavy atom. The van der Waals surface area contributed by atoms with E-state index in [1.54, 1.807) is 31.4 Å². The van der Waals surface area contributed by atoms with Crippen LogP contribution in [0.15, 0.2) is 28.7 Å². The van der Waals surface area contributed by atoms with Crippen LogP contribution in [0.5, 0.6) is 11.8 Å². The topological polar surface area (TPSA) is 118 Å². The summed E-state index contributed by atoms with van der Waals surface area (Å²) in [5.74, 6) is 0.702. The molecule has 0 aliphatic rings. The molecule has 1 atom stereocenters. The number of ether oxygens (including phenoxy) is 1. The number of carbonyl (C=O) groups is 1. The molecule has 3 N–H and O–H groups in total. The van der Waals surface area contributed by atoms with Crippen molar-refractivity contribution in [2.45, 2.75) is 12.5 Å². The van der Waals surface area contributed by atoms with Crippen molar-refractivity contribution in [3.05, 3.63) is 35.7 Å². The average Bonchev–Trinajstić information content (AvgIpc) is 2.85. The molecule has 20 heavy (non-hydrogen) atoms. The standard InChI is InChI=1S/C12H13N3O5/c1-19-8-4-2-7(3-5-8)6-9(13-11(16)17)10-14-15-12(18)20-10/h2-5,9,13H,6H2,1H3,(H,15,18)(H,16,17).